The number of methoxy groups -OCH3 is 1. The van der Waals surface area contributed by atoms with Gasteiger partial charge in [0.15, 0.2) is 5.13 Å². The molecule has 3 amide bonds. The first-order valence-electron chi connectivity index (χ1n) is 8.59. The van der Waals surface area contributed by atoms with E-state index in [1.807, 2.05) is 0 Å². The van der Waals surface area contributed by atoms with E-state index in [0.29, 0.717) is 33.7 Å². The summed E-state index contributed by atoms with van der Waals surface area (Å²) in [6, 6.07) is 4.98. The predicted octanol–water partition coefficient (Wildman–Crippen LogP) is 3.10. The van der Waals surface area contributed by atoms with Crippen molar-refractivity contribution < 1.29 is 19.1 Å². The van der Waals surface area contributed by atoms with Crippen molar-refractivity contribution in [1.82, 2.24) is 4.98 Å². The molecule has 0 saturated carbocycles. The van der Waals surface area contributed by atoms with E-state index < -0.39 is 17.7 Å². The van der Waals surface area contributed by atoms with E-state index >= 15 is 0 Å². The molecule has 10 heteroatoms. The Morgan fingerprint density at radius 1 is 1.31 bits per heavy atom. The van der Waals surface area contributed by atoms with Gasteiger partial charge < -0.3 is 15.4 Å². The number of rotatable bonds is 7. The van der Waals surface area contributed by atoms with Gasteiger partial charge in [-0.2, -0.15) is 0 Å². The number of nitrogens with one attached hydrogen (secondary N) is 2. The molecule has 0 saturated heterocycles. The number of anilines is 2. The smallest absolute Gasteiger partial charge is 0.262 e. The largest absolute Gasteiger partial charge is 0.495 e. The second kappa shape index (κ2) is 9.44. The molecule has 1 aliphatic rings. The Labute approximate surface area is 175 Å². The van der Waals surface area contributed by atoms with Crippen LogP contribution in [0.5, 0.6) is 5.75 Å². The summed E-state index contributed by atoms with van der Waals surface area (Å²) in [5.41, 5.74) is 1.23. The van der Waals surface area contributed by atoms with Crippen LogP contribution in [0, 0.1) is 5.92 Å². The van der Waals surface area contributed by atoms with Crippen LogP contribution in [0.15, 0.2) is 40.7 Å². The summed E-state index contributed by atoms with van der Waals surface area (Å²) in [6.07, 6.45) is 4.98. The molecule has 1 aromatic carbocycles. The van der Waals surface area contributed by atoms with Gasteiger partial charge in [-0.3, -0.25) is 14.4 Å². The Kier molecular flexibility index (Phi) is 6.73. The van der Waals surface area contributed by atoms with Crippen molar-refractivity contribution in [2.24, 2.45) is 10.9 Å². The van der Waals surface area contributed by atoms with Crippen LogP contribution in [-0.4, -0.2) is 36.0 Å². The number of nitrogens with zero attached hydrogens (tertiary/aromatic N) is 2. The highest BCUT2D eigenvalue weighted by atomic mass is 35.5. The van der Waals surface area contributed by atoms with Crippen LogP contribution >= 0.6 is 22.9 Å². The summed E-state index contributed by atoms with van der Waals surface area (Å²) in [5, 5.41) is 7.88. The van der Waals surface area contributed by atoms with Crippen LogP contribution in [0.3, 0.4) is 0 Å². The molecule has 1 atom stereocenters. The fraction of sp³-hybridized carbons (Fsp3) is 0.211. The van der Waals surface area contributed by atoms with Gasteiger partial charge in [-0.15, -0.1) is 11.3 Å². The van der Waals surface area contributed by atoms with Crippen molar-refractivity contribution in [3.8, 4) is 5.75 Å². The first-order valence-corrected chi connectivity index (χ1v) is 9.85. The zero-order chi connectivity index (χ0) is 20.8. The van der Waals surface area contributed by atoms with Crippen LogP contribution in [0.25, 0.3) is 0 Å². The lowest BCUT2D eigenvalue weighted by Crippen LogP contribution is -2.28. The number of thiazole rings is 1. The number of carbonyl (C=O) groups is 3. The molecular weight excluding hydrogens is 416 g/mol. The van der Waals surface area contributed by atoms with Crippen LogP contribution in [0.2, 0.25) is 5.02 Å². The molecule has 1 aromatic heterocycles. The van der Waals surface area contributed by atoms with Gasteiger partial charge in [0.1, 0.15) is 11.7 Å². The second-order valence-corrected chi connectivity index (χ2v) is 7.28. The van der Waals surface area contributed by atoms with E-state index in [1.165, 1.54) is 30.7 Å². The van der Waals surface area contributed by atoms with E-state index in [0.717, 1.165) is 0 Å². The van der Waals surface area contributed by atoms with Crippen LogP contribution in [-0.2, 0) is 20.8 Å². The number of carbonyl (C=O) groups excluding carboxylic acids is 3. The van der Waals surface area contributed by atoms with E-state index in [-0.39, 0.29) is 12.3 Å². The molecule has 150 valence electrons. The van der Waals surface area contributed by atoms with Gasteiger partial charge >= 0.3 is 0 Å². The number of allylic oxidation sites excluding steroid dienone is 1. The number of amides is 3. The maximum atomic E-state index is 12.2. The van der Waals surface area contributed by atoms with Gasteiger partial charge in [0.25, 0.3) is 5.91 Å². The van der Waals surface area contributed by atoms with Gasteiger partial charge in [0.05, 0.1) is 17.8 Å². The molecular formula is C19H17ClN4O4S. The first kappa shape index (κ1) is 20.7. The van der Waals surface area contributed by atoms with Crippen molar-refractivity contribution in [3.63, 3.8) is 0 Å². The topological polar surface area (TPSA) is 110 Å². The highest BCUT2D eigenvalue weighted by molar-refractivity contribution is 7.13. The lowest BCUT2D eigenvalue weighted by Gasteiger charge is -2.09. The average Bonchev–Trinajstić information content (AvgIpc) is 3.14. The van der Waals surface area contributed by atoms with Crippen LogP contribution < -0.4 is 15.4 Å². The zero-order valence-electron chi connectivity index (χ0n) is 15.3. The lowest BCUT2D eigenvalue weighted by molar-refractivity contribution is -0.128. The Balaban J connectivity index is 1.50. The Bertz CT molecular complexity index is 1000. The summed E-state index contributed by atoms with van der Waals surface area (Å²) in [4.78, 5) is 43.8. The number of dihydropyridines is 1. The average molecular weight is 433 g/mol. The maximum Gasteiger partial charge on any atom is 0.262 e. The molecule has 2 heterocycles. The van der Waals surface area contributed by atoms with Gasteiger partial charge in [-0.05, 0) is 30.7 Å². The monoisotopic (exact) mass is 432 g/mol. The molecule has 1 aliphatic heterocycles. The fourth-order valence-electron chi connectivity index (χ4n) is 2.51. The van der Waals surface area contributed by atoms with Gasteiger partial charge in [-0.1, -0.05) is 17.7 Å². The molecule has 8 nitrogen and oxygen atoms in total. The SMILES string of the molecule is COc1ccc(NC(=O)CCc2csc(NC(=O)C3C=CC=NC3=O)n2)cc1Cl. The third-order valence-electron chi connectivity index (χ3n) is 3.97. The van der Waals surface area contributed by atoms with E-state index in [4.69, 9.17) is 16.3 Å². The van der Waals surface area contributed by atoms with Gasteiger partial charge in [0.2, 0.25) is 11.8 Å². The second-order valence-electron chi connectivity index (χ2n) is 6.01. The van der Waals surface area contributed by atoms with Crippen molar-refractivity contribution in [1.29, 1.82) is 0 Å². The lowest BCUT2D eigenvalue weighted by atomic mass is 10.1. The Morgan fingerprint density at radius 3 is 2.86 bits per heavy atom. The first-order chi connectivity index (χ1) is 14.0. The molecule has 0 fully saturated rings. The molecule has 0 radical (unpaired) electrons. The van der Waals surface area contributed by atoms with Crippen LogP contribution in [0.4, 0.5) is 10.8 Å². The van der Waals surface area contributed by atoms with Crippen molar-refractivity contribution in [2.75, 3.05) is 17.7 Å². The number of halogens is 1. The molecule has 0 spiro atoms. The third-order valence-corrected chi connectivity index (χ3v) is 5.07. The molecule has 2 N–H and O–H groups in total. The predicted molar refractivity (Wildman–Crippen MR) is 112 cm³/mol. The minimum Gasteiger partial charge on any atom is -0.495 e. The third kappa shape index (κ3) is 5.49. The summed E-state index contributed by atoms with van der Waals surface area (Å²) >= 11 is 7.27. The van der Waals surface area contributed by atoms with Crippen molar-refractivity contribution in [3.05, 3.63) is 46.4 Å². The van der Waals surface area contributed by atoms with E-state index in [1.54, 1.807) is 29.7 Å². The number of aliphatic imine (C=N–C) groups is 1. The number of aromatic nitrogens is 1. The number of benzene rings is 1. The van der Waals surface area contributed by atoms with Crippen LogP contribution in [0.1, 0.15) is 12.1 Å². The van der Waals surface area contributed by atoms with Crippen molar-refractivity contribution in [2.45, 2.75) is 12.8 Å². The molecule has 0 bridgehead atoms. The summed E-state index contributed by atoms with van der Waals surface area (Å²) in [6.45, 7) is 0. The number of hydrogen-bond donors (Lipinski definition) is 2. The molecule has 3 rings (SSSR count). The van der Waals surface area contributed by atoms with E-state index in [9.17, 15) is 14.4 Å². The highest BCUT2D eigenvalue weighted by Crippen LogP contribution is 2.27. The standard InChI is InChI=1S/C19H17ClN4O4S/c1-28-15-6-4-11(9-14(15)20)22-16(25)7-5-12-10-29-19(23-12)24-18(27)13-3-2-8-21-17(13)26/h2-4,6,8-10,13H,5,7H2,1H3,(H,22,25)(H,23,24,27). The van der Waals surface area contributed by atoms with E-state index in [2.05, 4.69) is 20.6 Å². The quantitative estimate of drug-likeness (QED) is 0.653. The summed E-state index contributed by atoms with van der Waals surface area (Å²) < 4.78 is 5.07. The zero-order valence-corrected chi connectivity index (χ0v) is 16.9. The van der Waals surface area contributed by atoms with Gasteiger partial charge in [-0.25, -0.2) is 9.98 Å². The highest BCUT2D eigenvalue weighted by Gasteiger charge is 2.25. The number of hydrogen-bond acceptors (Lipinski definition) is 6. The number of ether oxygens (including phenoxy) is 1. The summed E-state index contributed by atoms with van der Waals surface area (Å²) in [5.74, 6) is -1.62. The van der Waals surface area contributed by atoms with Crippen molar-refractivity contribution >= 4 is 57.7 Å². The molecule has 1 unspecified atom stereocenters. The number of aryl methyl sites for hydroxylation is 1. The Hall–Kier alpha value is -3.04. The minimum atomic E-state index is -0.950. The fourth-order valence-corrected chi connectivity index (χ4v) is 3.52. The maximum absolute atomic E-state index is 12.2. The minimum absolute atomic E-state index is 0.194. The summed E-state index contributed by atoms with van der Waals surface area (Å²) in [7, 11) is 1.52. The molecule has 2 aromatic rings. The molecule has 29 heavy (non-hydrogen) atoms. The Morgan fingerprint density at radius 2 is 2.14 bits per heavy atom. The van der Waals surface area contributed by atoms with Gasteiger partial charge in [0, 0.05) is 23.7 Å². The normalized spacial score (nSPS) is 15.2. The molecule has 0 aliphatic carbocycles.